The lowest BCUT2D eigenvalue weighted by Crippen LogP contribution is -2.30. The van der Waals surface area contributed by atoms with E-state index in [9.17, 15) is 4.79 Å². The number of carbonyl (C=O) groups excluding carboxylic acids is 1. The van der Waals surface area contributed by atoms with Crippen LogP contribution in [0.3, 0.4) is 0 Å². The number of ketones is 1. The molecule has 3 rings (SSSR count). The number of benzene rings is 1. The molecule has 1 saturated carbocycles. The summed E-state index contributed by atoms with van der Waals surface area (Å²) in [5.74, 6) is 1.64. The predicted octanol–water partition coefficient (Wildman–Crippen LogP) is 2.61. The van der Waals surface area contributed by atoms with E-state index in [-0.39, 0.29) is 5.78 Å². The highest BCUT2D eigenvalue weighted by atomic mass is 16.1. The molecule has 0 aromatic heterocycles. The minimum Gasteiger partial charge on any atom is -0.386 e. The molecule has 2 N–H and O–H groups in total. The third kappa shape index (κ3) is 4.08. The molecule has 0 spiro atoms. The van der Waals surface area contributed by atoms with E-state index in [1.54, 1.807) is 6.20 Å². The molecule has 1 aromatic rings. The Kier molecular flexibility index (Phi) is 5.23. The van der Waals surface area contributed by atoms with Crippen LogP contribution in [-0.2, 0) is 11.3 Å². The van der Waals surface area contributed by atoms with Gasteiger partial charge in [0.25, 0.3) is 0 Å². The molecule has 4 nitrogen and oxygen atoms in total. The van der Waals surface area contributed by atoms with E-state index in [0.29, 0.717) is 18.7 Å². The van der Waals surface area contributed by atoms with E-state index in [2.05, 4.69) is 10.2 Å². The van der Waals surface area contributed by atoms with E-state index in [1.807, 2.05) is 30.3 Å². The lowest BCUT2D eigenvalue weighted by molar-refractivity contribution is -0.116. The van der Waals surface area contributed by atoms with Crippen LogP contribution in [0.2, 0.25) is 0 Å². The van der Waals surface area contributed by atoms with Gasteiger partial charge < -0.3 is 10.7 Å². The number of likely N-dealkylation sites (tertiary alicyclic amines) is 1. The summed E-state index contributed by atoms with van der Waals surface area (Å²) in [6.45, 7) is 3.22. The SMILES string of the molecule is N=C/C(=C\NCc1ccccc1)C(=O)CN1C[C@H]2CCC[C@H]2C1. The fourth-order valence-electron chi connectivity index (χ4n) is 3.83. The first-order valence-electron chi connectivity index (χ1n) is 8.50. The van der Waals surface area contributed by atoms with Crippen LogP contribution < -0.4 is 5.32 Å². The predicted molar refractivity (Wildman–Crippen MR) is 92.4 cm³/mol. The summed E-state index contributed by atoms with van der Waals surface area (Å²) in [4.78, 5) is 14.7. The molecule has 0 unspecified atom stereocenters. The average molecular weight is 311 g/mol. The zero-order chi connectivity index (χ0) is 16.1. The number of hydrogen-bond donors (Lipinski definition) is 2. The fraction of sp³-hybridized carbons (Fsp3) is 0.474. The largest absolute Gasteiger partial charge is 0.386 e. The third-order valence-corrected chi connectivity index (χ3v) is 5.05. The highest BCUT2D eigenvalue weighted by molar-refractivity contribution is 6.13. The number of carbonyl (C=O) groups is 1. The standard InChI is InChI=1S/C19H25N3O/c20-9-18(11-21-10-15-5-2-1-3-6-15)19(23)14-22-12-16-7-4-8-17(16)13-22/h1-3,5-6,9,11,16-17,20-21H,4,7-8,10,12-14H2/b18-11+,20-9?/t16-,17+. The van der Waals surface area contributed by atoms with Crippen LogP contribution in [0.25, 0.3) is 0 Å². The van der Waals surface area contributed by atoms with Crippen LogP contribution in [0.4, 0.5) is 0 Å². The molecule has 2 fully saturated rings. The molecule has 1 aromatic carbocycles. The van der Waals surface area contributed by atoms with Gasteiger partial charge in [0.2, 0.25) is 0 Å². The molecule has 0 bridgehead atoms. The summed E-state index contributed by atoms with van der Waals surface area (Å²) in [7, 11) is 0. The topological polar surface area (TPSA) is 56.2 Å². The normalized spacial score (nSPS) is 24.4. The van der Waals surface area contributed by atoms with Gasteiger partial charge in [-0.05, 0) is 30.2 Å². The van der Waals surface area contributed by atoms with Crippen LogP contribution in [0.1, 0.15) is 24.8 Å². The summed E-state index contributed by atoms with van der Waals surface area (Å²) < 4.78 is 0. The fourth-order valence-corrected chi connectivity index (χ4v) is 3.83. The Morgan fingerprint density at radius 2 is 1.91 bits per heavy atom. The molecule has 2 aliphatic rings. The van der Waals surface area contributed by atoms with Gasteiger partial charge in [-0.1, -0.05) is 36.8 Å². The van der Waals surface area contributed by atoms with E-state index in [4.69, 9.17) is 5.41 Å². The average Bonchev–Trinajstić information content (AvgIpc) is 3.13. The lowest BCUT2D eigenvalue weighted by Gasteiger charge is -2.15. The number of hydrogen-bond acceptors (Lipinski definition) is 4. The molecule has 1 heterocycles. The van der Waals surface area contributed by atoms with Crippen molar-refractivity contribution in [3.8, 4) is 0 Å². The molecular formula is C19H25N3O. The minimum atomic E-state index is 0.0422. The quantitative estimate of drug-likeness (QED) is 0.601. The van der Waals surface area contributed by atoms with Crippen LogP contribution in [0.5, 0.6) is 0 Å². The monoisotopic (exact) mass is 311 g/mol. The first-order chi connectivity index (χ1) is 11.3. The molecule has 1 aliphatic heterocycles. The van der Waals surface area contributed by atoms with Crippen LogP contribution in [0, 0.1) is 17.2 Å². The van der Waals surface area contributed by atoms with Gasteiger partial charge in [-0.15, -0.1) is 0 Å². The lowest BCUT2D eigenvalue weighted by atomic mass is 10.0. The van der Waals surface area contributed by atoms with Crippen molar-refractivity contribution in [3.63, 3.8) is 0 Å². The number of nitrogens with zero attached hydrogens (tertiary/aromatic N) is 1. The molecule has 2 atom stereocenters. The highest BCUT2D eigenvalue weighted by Gasteiger charge is 2.36. The second-order valence-corrected chi connectivity index (χ2v) is 6.68. The summed E-state index contributed by atoms with van der Waals surface area (Å²) >= 11 is 0. The highest BCUT2D eigenvalue weighted by Crippen LogP contribution is 2.37. The molecule has 0 amide bonds. The Balaban J connectivity index is 1.50. The summed E-state index contributed by atoms with van der Waals surface area (Å²) in [6.07, 6.45) is 6.84. The zero-order valence-electron chi connectivity index (χ0n) is 13.5. The van der Waals surface area contributed by atoms with Crippen molar-refractivity contribution in [1.29, 1.82) is 5.41 Å². The first-order valence-corrected chi connectivity index (χ1v) is 8.50. The van der Waals surface area contributed by atoms with Gasteiger partial charge >= 0.3 is 0 Å². The molecule has 23 heavy (non-hydrogen) atoms. The van der Waals surface area contributed by atoms with Gasteiger partial charge in [-0.3, -0.25) is 9.69 Å². The van der Waals surface area contributed by atoms with E-state index < -0.39 is 0 Å². The maximum atomic E-state index is 12.4. The Labute approximate surface area is 138 Å². The summed E-state index contributed by atoms with van der Waals surface area (Å²) in [5.41, 5.74) is 1.62. The molecule has 0 radical (unpaired) electrons. The smallest absolute Gasteiger partial charge is 0.179 e. The van der Waals surface area contributed by atoms with Crippen molar-refractivity contribution >= 4 is 12.0 Å². The summed E-state index contributed by atoms with van der Waals surface area (Å²) in [6, 6.07) is 10.0. The van der Waals surface area contributed by atoms with Crippen molar-refractivity contribution in [2.45, 2.75) is 25.8 Å². The van der Waals surface area contributed by atoms with Crippen LogP contribution in [0.15, 0.2) is 42.1 Å². The Bertz CT molecular complexity index is 570. The van der Waals surface area contributed by atoms with Crippen molar-refractivity contribution in [3.05, 3.63) is 47.7 Å². The van der Waals surface area contributed by atoms with Crippen molar-refractivity contribution in [2.24, 2.45) is 11.8 Å². The van der Waals surface area contributed by atoms with E-state index in [0.717, 1.165) is 36.7 Å². The zero-order valence-corrected chi connectivity index (χ0v) is 13.5. The Morgan fingerprint density at radius 3 is 2.57 bits per heavy atom. The van der Waals surface area contributed by atoms with Crippen LogP contribution >= 0.6 is 0 Å². The van der Waals surface area contributed by atoms with Crippen LogP contribution in [-0.4, -0.2) is 36.5 Å². The van der Waals surface area contributed by atoms with Crippen molar-refractivity contribution in [2.75, 3.05) is 19.6 Å². The maximum Gasteiger partial charge on any atom is 0.179 e. The third-order valence-electron chi connectivity index (χ3n) is 5.05. The van der Waals surface area contributed by atoms with Gasteiger partial charge in [0.1, 0.15) is 0 Å². The van der Waals surface area contributed by atoms with Gasteiger partial charge in [-0.2, -0.15) is 0 Å². The summed E-state index contributed by atoms with van der Waals surface area (Å²) in [5, 5.41) is 10.6. The maximum absolute atomic E-state index is 12.4. The number of fused-ring (bicyclic) bond motifs is 1. The number of nitrogens with one attached hydrogen (secondary N) is 2. The number of Topliss-reactive ketones (excluding diaryl/α,β-unsaturated/α-hetero) is 1. The Morgan fingerprint density at radius 1 is 1.22 bits per heavy atom. The van der Waals surface area contributed by atoms with Gasteiger partial charge in [0.05, 0.1) is 12.1 Å². The van der Waals surface area contributed by atoms with Crippen molar-refractivity contribution in [1.82, 2.24) is 10.2 Å². The number of rotatable bonds is 7. The van der Waals surface area contributed by atoms with Crippen molar-refractivity contribution < 1.29 is 4.79 Å². The van der Waals surface area contributed by atoms with E-state index in [1.165, 1.54) is 19.3 Å². The second-order valence-electron chi connectivity index (χ2n) is 6.68. The molecule has 1 saturated heterocycles. The first kappa shape index (κ1) is 15.9. The van der Waals surface area contributed by atoms with Gasteiger partial charge in [0.15, 0.2) is 5.78 Å². The van der Waals surface area contributed by atoms with Gasteiger partial charge in [0, 0.05) is 32.0 Å². The second kappa shape index (κ2) is 7.55. The van der Waals surface area contributed by atoms with E-state index >= 15 is 0 Å². The minimum absolute atomic E-state index is 0.0422. The molecule has 122 valence electrons. The molecular weight excluding hydrogens is 286 g/mol. The molecule has 1 aliphatic carbocycles. The van der Waals surface area contributed by atoms with Gasteiger partial charge in [-0.25, -0.2) is 0 Å². The Hall–Kier alpha value is -1.94. The molecule has 4 heteroatoms.